The summed E-state index contributed by atoms with van der Waals surface area (Å²) in [5.41, 5.74) is 0.301. The van der Waals surface area contributed by atoms with Crippen LogP contribution in [-0.4, -0.2) is 52.2 Å². The zero-order valence-corrected chi connectivity index (χ0v) is 15.1. The van der Waals surface area contributed by atoms with Gasteiger partial charge in [-0.1, -0.05) is 6.92 Å². The van der Waals surface area contributed by atoms with E-state index < -0.39 is 5.97 Å². The Labute approximate surface area is 145 Å². The van der Waals surface area contributed by atoms with Gasteiger partial charge in [0.15, 0.2) is 0 Å². The largest absolute Gasteiger partial charge is 0.478 e. The number of rotatable bonds is 5. The van der Waals surface area contributed by atoms with E-state index in [0.29, 0.717) is 34.1 Å². The van der Waals surface area contributed by atoms with Crippen LogP contribution in [0.1, 0.15) is 47.8 Å². The molecule has 0 spiro atoms. The number of aryl methyl sites for hydroxylation is 1. The zero-order valence-electron chi connectivity index (χ0n) is 14.3. The molecule has 0 unspecified atom stereocenters. The standard InChI is InChI=1S/C17H23N3O3S/c1-4-12-13(17(21)22)14-15(18-9-19-16(14)24-12)23-11-7-5-10(6-8-11)20(2)3/h9-11H,4-8H2,1-3H3,(H,21,22). The van der Waals surface area contributed by atoms with Crippen molar-refractivity contribution in [3.05, 3.63) is 16.8 Å². The van der Waals surface area contributed by atoms with Gasteiger partial charge in [0.2, 0.25) is 5.88 Å². The van der Waals surface area contributed by atoms with Gasteiger partial charge in [-0.15, -0.1) is 11.3 Å². The quantitative estimate of drug-likeness (QED) is 0.893. The van der Waals surface area contributed by atoms with E-state index in [0.717, 1.165) is 30.6 Å². The monoisotopic (exact) mass is 349 g/mol. The number of carboxylic acids is 1. The van der Waals surface area contributed by atoms with Crippen molar-refractivity contribution >= 4 is 27.5 Å². The molecule has 6 nitrogen and oxygen atoms in total. The fraction of sp³-hybridized carbons (Fsp3) is 0.588. The Morgan fingerprint density at radius 1 is 1.33 bits per heavy atom. The van der Waals surface area contributed by atoms with Crippen molar-refractivity contribution in [2.45, 2.75) is 51.2 Å². The molecule has 24 heavy (non-hydrogen) atoms. The van der Waals surface area contributed by atoms with Crippen molar-refractivity contribution in [2.24, 2.45) is 0 Å². The molecular weight excluding hydrogens is 326 g/mol. The lowest BCUT2D eigenvalue weighted by Gasteiger charge is -2.32. The Bertz CT molecular complexity index is 736. The van der Waals surface area contributed by atoms with Gasteiger partial charge in [-0.05, 0) is 46.2 Å². The first kappa shape index (κ1) is 17.1. The first-order valence-electron chi connectivity index (χ1n) is 8.34. The Kier molecular flexibility index (Phi) is 5.01. The highest BCUT2D eigenvalue weighted by molar-refractivity contribution is 7.19. The van der Waals surface area contributed by atoms with Crippen molar-refractivity contribution in [3.63, 3.8) is 0 Å². The number of carboxylic acid groups (broad SMARTS) is 1. The SMILES string of the molecule is CCc1sc2ncnc(OC3CCC(N(C)C)CC3)c2c1C(=O)O. The lowest BCUT2D eigenvalue weighted by Crippen LogP contribution is -2.35. The van der Waals surface area contributed by atoms with Crippen LogP contribution in [-0.2, 0) is 6.42 Å². The summed E-state index contributed by atoms with van der Waals surface area (Å²) in [6, 6.07) is 0.595. The van der Waals surface area contributed by atoms with Crippen molar-refractivity contribution in [3.8, 4) is 5.88 Å². The lowest BCUT2D eigenvalue weighted by atomic mass is 9.92. The fourth-order valence-electron chi connectivity index (χ4n) is 3.35. The van der Waals surface area contributed by atoms with Crippen LogP contribution < -0.4 is 4.74 Å². The molecule has 0 bridgehead atoms. The number of carbonyl (C=O) groups is 1. The molecule has 2 aromatic heterocycles. The molecule has 2 aromatic rings. The molecule has 0 saturated heterocycles. The number of fused-ring (bicyclic) bond motifs is 1. The van der Waals surface area contributed by atoms with Crippen LogP contribution in [0, 0.1) is 0 Å². The minimum Gasteiger partial charge on any atom is -0.478 e. The molecule has 1 fully saturated rings. The molecule has 0 amide bonds. The van der Waals surface area contributed by atoms with Gasteiger partial charge in [0.1, 0.15) is 17.3 Å². The molecule has 0 aliphatic heterocycles. The maximum absolute atomic E-state index is 11.7. The van der Waals surface area contributed by atoms with Crippen molar-refractivity contribution < 1.29 is 14.6 Å². The van der Waals surface area contributed by atoms with Crippen LogP contribution in [0.3, 0.4) is 0 Å². The third-order valence-corrected chi connectivity index (χ3v) is 5.96. The second kappa shape index (κ2) is 7.03. The van der Waals surface area contributed by atoms with E-state index in [1.54, 1.807) is 0 Å². The summed E-state index contributed by atoms with van der Waals surface area (Å²) in [5.74, 6) is -0.518. The van der Waals surface area contributed by atoms with Gasteiger partial charge in [0, 0.05) is 10.9 Å². The summed E-state index contributed by atoms with van der Waals surface area (Å²) < 4.78 is 6.12. The average Bonchev–Trinajstić information content (AvgIpc) is 2.95. The van der Waals surface area contributed by atoms with E-state index in [1.807, 2.05) is 6.92 Å². The molecule has 130 valence electrons. The Hall–Kier alpha value is -1.73. The van der Waals surface area contributed by atoms with Crippen LogP contribution in [0.5, 0.6) is 5.88 Å². The minimum absolute atomic E-state index is 0.0888. The third-order valence-electron chi connectivity index (χ3n) is 4.71. The molecule has 1 saturated carbocycles. The molecule has 1 aliphatic rings. The second-order valence-corrected chi connectivity index (χ2v) is 7.51. The molecule has 0 aromatic carbocycles. The van der Waals surface area contributed by atoms with Gasteiger partial charge in [0.05, 0.1) is 10.9 Å². The third kappa shape index (κ3) is 3.23. The van der Waals surface area contributed by atoms with Crippen LogP contribution in [0.25, 0.3) is 10.2 Å². The molecule has 2 heterocycles. The molecular formula is C17H23N3O3S. The second-order valence-electron chi connectivity index (χ2n) is 6.43. The smallest absolute Gasteiger partial charge is 0.337 e. The zero-order chi connectivity index (χ0) is 17.3. The highest BCUT2D eigenvalue weighted by Crippen LogP contribution is 2.36. The number of aromatic nitrogens is 2. The summed E-state index contributed by atoms with van der Waals surface area (Å²) in [4.78, 5) is 24.0. The maximum atomic E-state index is 11.7. The van der Waals surface area contributed by atoms with E-state index in [1.165, 1.54) is 17.7 Å². The normalized spacial score (nSPS) is 21.3. The van der Waals surface area contributed by atoms with Crippen molar-refractivity contribution in [1.29, 1.82) is 0 Å². The first-order chi connectivity index (χ1) is 11.5. The highest BCUT2D eigenvalue weighted by atomic mass is 32.1. The summed E-state index contributed by atoms with van der Waals surface area (Å²) in [6.07, 6.45) is 6.30. The summed E-state index contributed by atoms with van der Waals surface area (Å²) in [6.45, 7) is 1.95. The molecule has 7 heteroatoms. The van der Waals surface area contributed by atoms with Crippen LogP contribution in [0.2, 0.25) is 0 Å². The molecule has 1 N–H and O–H groups in total. The summed E-state index contributed by atoms with van der Waals surface area (Å²) in [5, 5.41) is 10.2. The van der Waals surface area contributed by atoms with Gasteiger partial charge >= 0.3 is 5.97 Å². The first-order valence-corrected chi connectivity index (χ1v) is 9.15. The molecule has 3 rings (SSSR count). The number of thiophene rings is 1. The van der Waals surface area contributed by atoms with Gasteiger partial charge in [-0.3, -0.25) is 0 Å². The Morgan fingerprint density at radius 2 is 2.04 bits per heavy atom. The predicted octanol–water partition coefficient (Wildman–Crippen LogP) is 3.20. The van der Waals surface area contributed by atoms with E-state index >= 15 is 0 Å². The maximum Gasteiger partial charge on any atom is 0.337 e. The Morgan fingerprint density at radius 3 is 2.62 bits per heavy atom. The van der Waals surface area contributed by atoms with Gasteiger partial charge < -0.3 is 14.7 Å². The van der Waals surface area contributed by atoms with E-state index in [-0.39, 0.29) is 6.10 Å². The van der Waals surface area contributed by atoms with Crippen LogP contribution in [0.15, 0.2) is 6.33 Å². The van der Waals surface area contributed by atoms with E-state index in [9.17, 15) is 9.90 Å². The topological polar surface area (TPSA) is 75.6 Å². The van der Waals surface area contributed by atoms with Crippen molar-refractivity contribution in [1.82, 2.24) is 14.9 Å². The number of hydrogen-bond acceptors (Lipinski definition) is 6. The number of ether oxygens (including phenoxy) is 1. The van der Waals surface area contributed by atoms with Crippen LogP contribution >= 0.6 is 11.3 Å². The average molecular weight is 349 g/mol. The predicted molar refractivity (Wildman–Crippen MR) is 94.1 cm³/mol. The molecule has 1 aliphatic carbocycles. The van der Waals surface area contributed by atoms with E-state index in [4.69, 9.17) is 4.74 Å². The number of aromatic carboxylic acids is 1. The number of hydrogen-bond donors (Lipinski definition) is 1. The highest BCUT2D eigenvalue weighted by Gasteiger charge is 2.27. The molecule has 0 radical (unpaired) electrons. The minimum atomic E-state index is -0.936. The van der Waals surface area contributed by atoms with Gasteiger partial charge in [-0.25, -0.2) is 14.8 Å². The van der Waals surface area contributed by atoms with Crippen LogP contribution in [0.4, 0.5) is 0 Å². The Balaban J connectivity index is 1.88. The molecule has 0 atom stereocenters. The number of nitrogens with zero attached hydrogens (tertiary/aromatic N) is 3. The van der Waals surface area contributed by atoms with Crippen molar-refractivity contribution in [2.75, 3.05) is 14.1 Å². The summed E-state index contributed by atoms with van der Waals surface area (Å²) in [7, 11) is 4.22. The summed E-state index contributed by atoms with van der Waals surface area (Å²) >= 11 is 1.41. The van der Waals surface area contributed by atoms with E-state index in [2.05, 4.69) is 29.0 Å². The van der Waals surface area contributed by atoms with Gasteiger partial charge in [0.25, 0.3) is 0 Å². The van der Waals surface area contributed by atoms with Gasteiger partial charge in [-0.2, -0.15) is 0 Å². The fourth-order valence-corrected chi connectivity index (χ4v) is 4.42. The lowest BCUT2D eigenvalue weighted by molar-refractivity contribution is 0.0697.